The molecule has 1 aliphatic carbocycles. The molecule has 3 heterocycles. The molecule has 0 saturated carbocycles. The number of carbonyl (C=O) groups excluding carboxylic acids is 2. The van der Waals surface area contributed by atoms with Crippen molar-refractivity contribution < 1.29 is 14.3 Å². The van der Waals surface area contributed by atoms with E-state index in [1.54, 1.807) is 7.11 Å². The fourth-order valence-electron chi connectivity index (χ4n) is 6.68. The van der Waals surface area contributed by atoms with Gasteiger partial charge in [-0.15, -0.1) is 0 Å². The van der Waals surface area contributed by atoms with Gasteiger partial charge in [0.15, 0.2) is 5.78 Å². The summed E-state index contributed by atoms with van der Waals surface area (Å²) in [6.07, 6.45) is 4.36. The Morgan fingerprint density at radius 2 is 1.97 bits per heavy atom. The molecular formula is C27H36N4O3. The summed E-state index contributed by atoms with van der Waals surface area (Å²) in [7, 11) is 9.90. The smallest absolute Gasteiger partial charge is 0.251 e. The van der Waals surface area contributed by atoms with E-state index in [1.165, 1.54) is 0 Å². The van der Waals surface area contributed by atoms with Gasteiger partial charge in [0.05, 0.1) is 24.4 Å². The average Bonchev–Trinajstić information content (AvgIpc) is 3.35. The number of aromatic nitrogens is 1. The predicted octanol–water partition coefficient (Wildman–Crippen LogP) is 3.07. The fraction of sp³-hybridized carbons (Fsp3) is 0.556. The van der Waals surface area contributed by atoms with E-state index >= 15 is 0 Å². The maximum atomic E-state index is 13.9. The molecule has 1 saturated heterocycles. The molecule has 0 N–H and O–H groups in total. The molecule has 2 aromatic rings. The van der Waals surface area contributed by atoms with Gasteiger partial charge in [0.1, 0.15) is 0 Å². The normalized spacial score (nSPS) is 26.8. The minimum absolute atomic E-state index is 0.0323. The van der Waals surface area contributed by atoms with Gasteiger partial charge >= 0.3 is 0 Å². The molecule has 2 bridgehead atoms. The number of nitrogens with zero attached hydrogens (tertiary/aromatic N) is 4. The number of amides is 1. The van der Waals surface area contributed by atoms with Gasteiger partial charge in [-0.25, -0.2) is 0 Å². The number of para-hydroxylation sites is 1. The van der Waals surface area contributed by atoms with Gasteiger partial charge in [0, 0.05) is 80.8 Å². The molecule has 0 radical (unpaired) electrons. The van der Waals surface area contributed by atoms with Crippen LogP contribution in [-0.2, 0) is 16.6 Å². The van der Waals surface area contributed by atoms with Crippen molar-refractivity contribution >= 4 is 22.6 Å². The number of fused-ring (bicyclic) bond motifs is 6. The summed E-state index contributed by atoms with van der Waals surface area (Å²) in [4.78, 5) is 34.1. The molecule has 1 amide bonds. The van der Waals surface area contributed by atoms with Gasteiger partial charge in [-0.1, -0.05) is 18.2 Å². The second-order valence-corrected chi connectivity index (χ2v) is 10.4. The average molecular weight is 465 g/mol. The first-order valence-electron chi connectivity index (χ1n) is 12.3. The molecule has 7 heteroatoms. The molecule has 2 aliphatic heterocycles. The van der Waals surface area contributed by atoms with Crippen LogP contribution < -0.4 is 0 Å². The van der Waals surface area contributed by atoms with E-state index in [0.29, 0.717) is 13.0 Å². The number of hydrogen-bond donors (Lipinski definition) is 0. The predicted molar refractivity (Wildman–Crippen MR) is 133 cm³/mol. The summed E-state index contributed by atoms with van der Waals surface area (Å²) < 4.78 is 7.47. The van der Waals surface area contributed by atoms with Crippen molar-refractivity contribution in [2.24, 2.45) is 18.9 Å². The number of carbonyl (C=O) groups is 2. The maximum Gasteiger partial charge on any atom is 0.251 e. The highest BCUT2D eigenvalue weighted by atomic mass is 16.5. The number of methoxy groups -OCH3 is 1. The van der Waals surface area contributed by atoms with Crippen LogP contribution in [0.15, 0.2) is 36.0 Å². The summed E-state index contributed by atoms with van der Waals surface area (Å²) in [6, 6.07) is 8.44. The highest BCUT2D eigenvalue weighted by molar-refractivity contribution is 6.05. The van der Waals surface area contributed by atoms with Crippen molar-refractivity contribution in [3.8, 4) is 0 Å². The Hall–Kier alpha value is -2.64. The van der Waals surface area contributed by atoms with Crippen molar-refractivity contribution in [3.63, 3.8) is 0 Å². The van der Waals surface area contributed by atoms with Crippen molar-refractivity contribution in [2.75, 3.05) is 47.9 Å². The van der Waals surface area contributed by atoms with Crippen molar-refractivity contribution in [1.29, 1.82) is 0 Å². The number of benzene rings is 1. The second-order valence-electron chi connectivity index (χ2n) is 10.4. The Morgan fingerprint density at radius 3 is 2.71 bits per heavy atom. The number of aryl methyl sites for hydroxylation is 1. The van der Waals surface area contributed by atoms with Crippen molar-refractivity contribution in [3.05, 3.63) is 47.3 Å². The minimum atomic E-state index is -0.112. The largest absolute Gasteiger partial charge is 0.383 e. The van der Waals surface area contributed by atoms with Crippen LogP contribution in [0.2, 0.25) is 0 Å². The number of Topliss-reactive ketones (excluding diaryl/α,β-unsaturated/α-hetero) is 1. The van der Waals surface area contributed by atoms with Crippen LogP contribution in [0.25, 0.3) is 10.9 Å². The number of likely N-dealkylation sites (tertiary alicyclic amines) is 1. The molecule has 0 spiro atoms. The van der Waals surface area contributed by atoms with Crippen LogP contribution in [0.4, 0.5) is 0 Å². The number of ketones is 1. The SMILES string of the molecule is COC[C@@H]1CCCN1C(=O)C1=CN(C)C2c3c(n(C)c4ccccc34)C(=O)CC1C2CN(C)C. The lowest BCUT2D eigenvalue weighted by Gasteiger charge is -2.44. The van der Waals surface area contributed by atoms with Crippen LogP contribution in [0.3, 0.4) is 0 Å². The second kappa shape index (κ2) is 8.86. The highest BCUT2D eigenvalue weighted by Gasteiger charge is 2.48. The van der Waals surface area contributed by atoms with Gasteiger partial charge < -0.3 is 24.0 Å². The molecule has 1 aromatic carbocycles. The Balaban J connectivity index is 1.64. The molecular weight excluding hydrogens is 428 g/mol. The third-order valence-electron chi connectivity index (χ3n) is 8.03. The van der Waals surface area contributed by atoms with E-state index in [9.17, 15) is 9.59 Å². The first-order chi connectivity index (χ1) is 16.3. The zero-order valence-electron chi connectivity index (χ0n) is 21.0. The van der Waals surface area contributed by atoms with E-state index in [1.807, 2.05) is 30.3 Å². The Bertz CT molecular complexity index is 1150. The molecule has 34 heavy (non-hydrogen) atoms. The molecule has 1 aromatic heterocycles. The van der Waals surface area contributed by atoms with E-state index in [0.717, 1.165) is 53.7 Å². The van der Waals surface area contributed by atoms with Crippen LogP contribution in [0.5, 0.6) is 0 Å². The summed E-state index contributed by atoms with van der Waals surface area (Å²) in [5, 5.41) is 1.14. The minimum Gasteiger partial charge on any atom is -0.383 e. The van der Waals surface area contributed by atoms with E-state index < -0.39 is 0 Å². The lowest BCUT2D eigenvalue weighted by molar-refractivity contribution is -0.130. The van der Waals surface area contributed by atoms with E-state index in [4.69, 9.17) is 4.74 Å². The number of rotatable bonds is 5. The lowest BCUT2D eigenvalue weighted by atomic mass is 9.75. The molecule has 4 atom stereocenters. The first kappa shape index (κ1) is 23.1. The summed E-state index contributed by atoms with van der Waals surface area (Å²) in [5.41, 5.74) is 3.77. The standard InChI is InChI=1S/C27H36N4O3/c1-28(2)14-20-19-13-23(32)26-24(18-10-6-7-11-22(18)30(26)4)25(20)29(3)15-21(19)27(33)31-12-8-9-17(31)16-34-5/h6-7,10-11,15,17,19-20,25H,8-9,12-14,16H2,1-5H3/t17-,19?,20?,25?/m0/s1. The monoisotopic (exact) mass is 464 g/mol. The topological polar surface area (TPSA) is 58.0 Å². The van der Waals surface area contributed by atoms with Gasteiger partial charge in [-0.3, -0.25) is 9.59 Å². The summed E-state index contributed by atoms with van der Waals surface area (Å²) in [5.74, 6) is 0.220. The molecule has 3 unspecified atom stereocenters. The van der Waals surface area contributed by atoms with Crippen LogP contribution in [0.1, 0.15) is 41.4 Å². The maximum absolute atomic E-state index is 13.9. The molecule has 7 nitrogen and oxygen atoms in total. The van der Waals surface area contributed by atoms with Crippen LogP contribution in [0, 0.1) is 11.8 Å². The third kappa shape index (κ3) is 3.57. The zero-order chi connectivity index (χ0) is 24.1. The fourth-order valence-corrected chi connectivity index (χ4v) is 6.68. The Kier molecular flexibility index (Phi) is 6.02. The van der Waals surface area contributed by atoms with Gasteiger partial charge in [-0.2, -0.15) is 0 Å². The van der Waals surface area contributed by atoms with Crippen LogP contribution >= 0.6 is 0 Å². The molecule has 5 rings (SSSR count). The highest BCUT2D eigenvalue weighted by Crippen LogP contribution is 2.49. The summed E-state index contributed by atoms with van der Waals surface area (Å²) >= 11 is 0. The van der Waals surface area contributed by atoms with Crippen molar-refractivity contribution in [1.82, 2.24) is 19.3 Å². The molecule has 1 fully saturated rings. The molecule has 3 aliphatic rings. The lowest BCUT2D eigenvalue weighted by Crippen LogP contribution is -2.47. The van der Waals surface area contributed by atoms with Gasteiger partial charge in [-0.05, 0) is 33.0 Å². The van der Waals surface area contributed by atoms with Crippen molar-refractivity contribution in [2.45, 2.75) is 31.3 Å². The van der Waals surface area contributed by atoms with Gasteiger partial charge in [0.2, 0.25) is 0 Å². The first-order valence-corrected chi connectivity index (χ1v) is 12.3. The summed E-state index contributed by atoms with van der Waals surface area (Å²) in [6.45, 7) is 2.11. The Morgan fingerprint density at radius 1 is 1.21 bits per heavy atom. The zero-order valence-corrected chi connectivity index (χ0v) is 21.0. The quantitative estimate of drug-likeness (QED) is 0.681. The number of ether oxygens (including phenoxy) is 1. The van der Waals surface area contributed by atoms with Gasteiger partial charge in [0.25, 0.3) is 5.91 Å². The third-order valence-corrected chi connectivity index (χ3v) is 8.03. The van der Waals surface area contributed by atoms with Crippen LogP contribution in [-0.4, -0.2) is 84.9 Å². The van der Waals surface area contributed by atoms with E-state index in [-0.39, 0.29) is 35.6 Å². The molecule has 182 valence electrons. The Labute approximate surface area is 201 Å². The number of hydrogen-bond acceptors (Lipinski definition) is 5. The van der Waals surface area contributed by atoms with E-state index in [2.05, 4.69) is 47.6 Å².